The molecule has 0 aliphatic heterocycles. The minimum Gasteiger partial charge on any atom is -0.295 e. The highest BCUT2D eigenvalue weighted by Crippen LogP contribution is 2.27. The van der Waals surface area contributed by atoms with Crippen LogP contribution in [-0.4, -0.2) is 26.5 Å². The van der Waals surface area contributed by atoms with E-state index in [1.165, 1.54) is 11.3 Å². The minimum absolute atomic E-state index is 0.343. The highest BCUT2D eigenvalue weighted by molar-refractivity contribution is 7.14. The summed E-state index contributed by atoms with van der Waals surface area (Å²) in [6, 6.07) is 7.89. The Morgan fingerprint density at radius 1 is 1.16 bits per heavy atom. The Balaban J connectivity index is 1.80. The third kappa shape index (κ3) is 3.23. The van der Waals surface area contributed by atoms with E-state index in [2.05, 4.69) is 15.4 Å². The maximum Gasteiger partial charge on any atom is 0.298 e. The molecule has 0 radical (unpaired) electrons. The van der Waals surface area contributed by atoms with E-state index >= 15 is 0 Å². The van der Waals surface area contributed by atoms with Gasteiger partial charge in [0.2, 0.25) is 0 Å². The van der Waals surface area contributed by atoms with E-state index in [0.29, 0.717) is 22.1 Å². The standard InChI is InChI=1S/C18H18N4O2S/c1-10-7-5-6-8-13(10)14-9-25-18(19-14)20-17(24)16(23)15-11(2)21-22(4)12(15)3/h5-9H,1-4H3,(H,19,20,24). The second kappa shape index (κ2) is 6.60. The number of anilines is 1. The van der Waals surface area contributed by atoms with E-state index in [4.69, 9.17) is 0 Å². The number of rotatable bonds is 4. The van der Waals surface area contributed by atoms with Crippen molar-refractivity contribution in [2.75, 3.05) is 5.32 Å². The SMILES string of the molecule is Cc1ccccc1-c1csc(NC(=O)C(=O)c2c(C)nn(C)c2C)n1. The van der Waals surface area contributed by atoms with Gasteiger partial charge in [0.15, 0.2) is 5.13 Å². The Kier molecular flexibility index (Phi) is 4.50. The first kappa shape index (κ1) is 17.0. The fraction of sp³-hybridized carbons (Fsp3) is 0.222. The maximum absolute atomic E-state index is 12.4. The van der Waals surface area contributed by atoms with Crippen molar-refractivity contribution in [2.24, 2.45) is 7.05 Å². The fourth-order valence-electron chi connectivity index (χ4n) is 2.68. The number of nitrogens with one attached hydrogen (secondary N) is 1. The smallest absolute Gasteiger partial charge is 0.295 e. The third-order valence-corrected chi connectivity index (χ3v) is 4.85. The van der Waals surface area contributed by atoms with Gasteiger partial charge >= 0.3 is 0 Å². The molecule has 0 aliphatic rings. The quantitative estimate of drug-likeness (QED) is 0.576. The highest BCUT2D eigenvalue weighted by Gasteiger charge is 2.24. The van der Waals surface area contributed by atoms with Crippen LogP contribution in [0.1, 0.15) is 27.3 Å². The highest BCUT2D eigenvalue weighted by atomic mass is 32.1. The molecule has 0 spiro atoms. The van der Waals surface area contributed by atoms with E-state index < -0.39 is 11.7 Å². The van der Waals surface area contributed by atoms with E-state index in [0.717, 1.165) is 16.8 Å². The topological polar surface area (TPSA) is 76.9 Å². The van der Waals surface area contributed by atoms with E-state index in [-0.39, 0.29) is 0 Å². The number of carbonyl (C=O) groups is 2. The van der Waals surface area contributed by atoms with Crippen molar-refractivity contribution in [1.29, 1.82) is 0 Å². The Morgan fingerprint density at radius 3 is 2.52 bits per heavy atom. The van der Waals surface area contributed by atoms with Crippen molar-refractivity contribution in [1.82, 2.24) is 14.8 Å². The summed E-state index contributed by atoms with van der Waals surface area (Å²) in [5.74, 6) is -1.30. The van der Waals surface area contributed by atoms with Gasteiger partial charge in [-0.2, -0.15) is 5.10 Å². The van der Waals surface area contributed by atoms with Crippen LogP contribution in [0.5, 0.6) is 0 Å². The van der Waals surface area contributed by atoms with Gasteiger partial charge in [0.25, 0.3) is 11.7 Å². The second-order valence-corrected chi connectivity index (χ2v) is 6.66. The number of aryl methyl sites for hydroxylation is 3. The molecular formula is C18H18N4O2S. The molecule has 0 saturated heterocycles. The van der Waals surface area contributed by atoms with Gasteiger partial charge in [-0.25, -0.2) is 4.98 Å². The Morgan fingerprint density at radius 2 is 1.88 bits per heavy atom. The fourth-order valence-corrected chi connectivity index (χ4v) is 3.39. The summed E-state index contributed by atoms with van der Waals surface area (Å²) in [6.07, 6.45) is 0. The van der Waals surface area contributed by atoms with E-state index in [1.54, 1.807) is 25.6 Å². The lowest BCUT2D eigenvalue weighted by atomic mass is 10.1. The molecule has 0 aliphatic carbocycles. The van der Waals surface area contributed by atoms with Crippen molar-refractivity contribution in [3.05, 3.63) is 52.2 Å². The van der Waals surface area contributed by atoms with Crippen LogP contribution in [0.15, 0.2) is 29.6 Å². The van der Waals surface area contributed by atoms with E-state index in [1.807, 2.05) is 36.6 Å². The minimum atomic E-state index is -0.704. The average molecular weight is 354 g/mol. The van der Waals surface area contributed by atoms with Crippen LogP contribution in [0.25, 0.3) is 11.3 Å². The molecule has 25 heavy (non-hydrogen) atoms. The number of benzene rings is 1. The molecule has 128 valence electrons. The zero-order valence-electron chi connectivity index (χ0n) is 14.5. The average Bonchev–Trinajstić information content (AvgIpc) is 3.12. The summed E-state index contributed by atoms with van der Waals surface area (Å²) in [4.78, 5) is 29.2. The maximum atomic E-state index is 12.4. The van der Waals surface area contributed by atoms with Gasteiger partial charge in [0.1, 0.15) is 0 Å². The molecule has 0 unspecified atom stereocenters. The number of Topliss-reactive ketones (excluding diaryl/α,β-unsaturated/α-hetero) is 1. The predicted octanol–water partition coefficient (Wildman–Crippen LogP) is 3.29. The number of hydrogen-bond donors (Lipinski definition) is 1. The number of thiazole rings is 1. The van der Waals surface area contributed by atoms with E-state index in [9.17, 15) is 9.59 Å². The van der Waals surface area contributed by atoms with Crippen LogP contribution in [0.4, 0.5) is 5.13 Å². The molecule has 0 atom stereocenters. The van der Waals surface area contributed by atoms with Crippen molar-refractivity contribution in [2.45, 2.75) is 20.8 Å². The Hall–Kier alpha value is -2.80. The summed E-state index contributed by atoms with van der Waals surface area (Å²) in [5.41, 5.74) is 4.43. The summed E-state index contributed by atoms with van der Waals surface area (Å²) in [5, 5.41) is 9.04. The normalized spacial score (nSPS) is 10.7. The molecule has 3 aromatic rings. The largest absolute Gasteiger partial charge is 0.298 e. The van der Waals surface area contributed by atoms with Gasteiger partial charge in [-0.15, -0.1) is 11.3 Å². The van der Waals surface area contributed by atoms with Crippen LogP contribution in [0.2, 0.25) is 0 Å². The number of hydrogen-bond acceptors (Lipinski definition) is 5. The predicted molar refractivity (Wildman–Crippen MR) is 97.9 cm³/mol. The molecular weight excluding hydrogens is 336 g/mol. The van der Waals surface area contributed by atoms with Gasteiger partial charge in [-0.05, 0) is 26.3 Å². The summed E-state index contributed by atoms with van der Waals surface area (Å²) in [6.45, 7) is 5.48. The third-order valence-electron chi connectivity index (χ3n) is 4.09. The molecule has 6 nitrogen and oxygen atoms in total. The van der Waals surface area contributed by atoms with Gasteiger partial charge in [0, 0.05) is 23.7 Å². The Bertz CT molecular complexity index is 971. The Labute approximate surface area is 149 Å². The monoisotopic (exact) mass is 354 g/mol. The van der Waals surface area contributed by atoms with Crippen LogP contribution < -0.4 is 5.32 Å². The summed E-state index contributed by atoms with van der Waals surface area (Å²) < 4.78 is 1.59. The van der Waals surface area contributed by atoms with Gasteiger partial charge < -0.3 is 0 Å². The number of amides is 1. The molecule has 7 heteroatoms. The molecule has 1 aromatic carbocycles. The molecule has 1 N–H and O–H groups in total. The second-order valence-electron chi connectivity index (χ2n) is 5.81. The number of aromatic nitrogens is 3. The lowest BCUT2D eigenvalue weighted by Gasteiger charge is -2.03. The number of carbonyl (C=O) groups excluding carboxylic acids is 2. The molecule has 0 fully saturated rings. The first-order valence-electron chi connectivity index (χ1n) is 7.76. The molecule has 3 rings (SSSR count). The van der Waals surface area contributed by atoms with Crippen LogP contribution >= 0.6 is 11.3 Å². The van der Waals surface area contributed by atoms with Crippen molar-refractivity contribution in [3.63, 3.8) is 0 Å². The molecule has 0 saturated carbocycles. The number of nitrogens with zero attached hydrogens (tertiary/aromatic N) is 3. The first-order chi connectivity index (χ1) is 11.9. The zero-order valence-corrected chi connectivity index (χ0v) is 15.3. The molecule has 2 heterocycles. The lowest BCUT2D eigenvalue weighted by molar-refractivity contribution is -0.112. The summed E-state index contributed by atoms with van der Waals surface area (Å²) >= 11 is 1.29. The van der Waals surface area contributed by atoms with Crippen LogP contribution in [-0.2, 0) is 11.8 Å². The van der Waals surface area contributed by atoms with Crippen molar-refractivity contribution in [3.8, 4) is 11.3 Å². The molecule has 2 aromatic heterocycles. The lowest BCUT2D eigenvalue weighted by Crippen LogP contribution is -2.23. The number of ketones is 1. The summed E-state index contributed by atoms with van der Waals surface area (Å²) in [7, 11) is 1.74. The first-order valence-corrected chi connectivity index (χ1v) is 8.64. The molecule has 0 bridgehead atoms. The zero-order chi connectivity index (χ0) is 18.1. The van der Waals surface area contributed by atoms with Gasteiger partial charge in [0.05, 0.1) is 17.0 Å². The van der Waals surface area contributed by atoms with Gasteiger partial charge in [-0.1, -0.05) is 24.3 Å². The molecule has 1 amide bonds. The van der Waals surface area contributed by atoms with Gasteiger partial charge in [-0.3, -0.25) is 19.6 Å². The van der Waals surface area contributed by atoms with Crippen molar-refractivity contribution >= 4 is 28.2 Å². The van der Waals surface area contributed by atoms with Crippen molar-refractivity contribution < 1.29 is 9.59 Å². The van der Waals surface area contributed by atoms with Crippen LogP contribution in [0, 0.1) is 20.8 Å². The van der Waals surface area contributed by atoms with Crippen LogP contribution in [0.3, 0.4) is 0 Å².